The highest BCUT2D eigenvalue weighted by Gasteiger charge is 2.56. The van der Waals surface area contributed by atoms with Gasteiger partial charge < -0.3 is 15.3 Å². The first-order chi connectivity index (χ1) is 16.2. The summed E-state index contributed by atoms with van der Waals surface area (Å²) in [6, 6.07) is 8.63. The number of amides is 1. The Morgan fingerprint density at radius 3 is 2.82 bits per heavy atom. The number of hydrogen-bond donors (Lipinski definition) is 2. The van der Waals surface area contributed by atoms with Gasteiger partial charge in [0.05, 0.1) is 11.0 Å². The molecule has 1 aromatic heterocycles. The summed E-state index contributed by atoms with van der Waals surface area (Å²) in [6.45, 7) is 1.52. The number of hydrogen-bond acceptors (Lipinski definition) is 4. The smallest absolute Gasteiger partial charge is 0.417 e. The highest BCUT2D eigenvalue weighted by atomic mass is 19.4. The van der Waals surface area contributed by atoms with Crippen LogP contribution >= 0.6 is 0 Å². The number of aromatic nitrogens is 1. The maximum Gasteiger partial charge on any atom is 0.417 e. The third kappa shape index (κ3) is 4.40. The predicted molar refractivity (Wildman–Crippen MR) is 121 cm³/mol. The van der Waals surface area contributed by atoms with Crippen molar-refractivity contribution in [3.8, 4) is 5.75 Å². The number of nitrogens with one attached hydrogen (secondary N) is 1. The molecule has 1 aromatic carbocycles. The van der Waals surface area contributed by atoms with Crippen molar-refractivity contribution in [1.29, 1.82) is 0 Å². The standard InChI is InChI=1S/C26H30F3N3O2/c27-26(28,29)20-12-18-16-32(11-8-23(18)31-15-20)24(34)25-9-1-2-19(25)13-21(14-25)30-10-7-17-3-5-22(33)6-4-17/h3-6,12,15,19,21,30,33H,1-2,7-11,13-14,16H2. The molecular formula is C26H30F3N3O2. The van der Waals surface area contributed by atoms with E-state index in [0.29, 0.717) is 30.1 Å². The molecule has 0 saturated heterocycles. The van der Waals surface area contributed by atoms with Gasteiger partial charge >= 0.3 is 6.18 Å². The molecule has 2 fully saturated rings. The van der Waals surface area contributed by atoms with Crippen molar-refractivity contribution in [2.45, 2.75) is 63.7 Å². The quantitative estimate of drug-likeness (QED) is 0.673. The largest absolute Gasteiger partial charge is 0.508 e. The number of halogens is 3. The molecule has 1 amide bonds. The summed E-state index contributed by atoms with van der Waals surface area (Å²) in [6.07, 6.45) is 2.47. The van der Waals surface area contributed by atoms with Crippen molar-refractivity contribution < 1.29 is 23.1 Å². The molecule has 182 valence electrons. The van der Waals surface area contributed by atoms with E-state index in [1.165, 1.54) is 0 Å². The summed E-state index contributed by atoms with van der Waals surface area (Å²) in [5.41, 5.74) is 1.17. The second kappa shape index (κ2) is 8.87. The van der Waals surface area contributed by atoms with Gasteiger partial charge in [-0.1, -0.05) is 18.6 Å². The monoisotopic (exact) mass is 473 g/mol. The molecule has 1 aliphatic heterocycles. The Bertz CT molecular complexity index is 1060. The number of alkyl halides is 3. The third-order valence-electron chi connectivity index (χ3n) is 8.00. The fraction of sp³-hybridized carbons (Fsp3) is 0.538. The average Bonchev–Trinajstić information content (AvgIpc) is 3.36. The first-order valence-corrected chi connectivity index (χ1v) is 12.1. The number of phenols is 1. The van der Waals surface area contributed by atoms with E-state index in [1.807, 2.05) is 12.1 Å². The van der Waals surface area contributed by atoms with E-state index >= 15 is 0 Å². The number of carbonyl (C=O) groups excluding carboxylic acids is 1. The number of fused-ring (bicyclic) bond motifs is 2. The Hall–Kier alpha value is -2.61. The minimum Gasteiger partial charge on any atom is -0.508 e. The molecule has 2 aromatic rings. The Kier molecular flexibility index (Phi) is 6.04. The van der Waals surface area contributed by atoms with E-state index in [0.717, 1.165) is 62.9 Å². The Morgan fingerprint density at radius 2 is 2.06 bits per heavy atom. The van der Waals surface area contributed by atoms with E-state index in [1.54, 1.807) is 17.0 Å². The molecule has 3 aliphatic rings. The summed E-state index contributed by atoms with van der Waals surface area (Å²) < 4.78 is 39.5. The molecule has 5 rings (SSSR count). The van der Waals surface area contributed by atoms with Crippen LogP contribution in [0.3, 0.4) is 0 Å². The molecule has 2 heterocycles. The number of benzene rings is 1. The molecule has 2 saturated carbocycles. The van der Waals surface area contributed by atoms with Gasteiger partial charge in [-0.25, -0.2) is 0 Å². The molecule has 3 unspecified atom stereocenters. The molecule has 0 bridgehead atoms. The van der Waals surface area contributed by atoms with Crippen LogP contribution in [0.4, 0.5) is 13.2 Å². The van der Waals surface area contributed by atoms with E-state index < -0.39 is 17.2 Å². The minimum absolute atomic E-state index is 0.112. The Balaban J connectivity index is 1.24. The summed E-state index contributed by atoms with van der Waals surface area (Å²) in [5, 5.41) is 13.1. The van der Waals surface area contributed by atoms with Gasteiger partial charge in [0.2, 0.25) is 5.91 Å². The number of nitrogens with zero attached hydrogens (tertiary/aromatic N) is 2. The molecule has 8 heteroatoms. The molecule has 2 N–H and O–H groups in total. The topological polar surface area (TPSA) is 65.5 Å². The van der Waals surface area contributed by atoms with Crippen LogP contribution < -0.4 is 5.32 Å². The molecular weight excluding hydrogens is 443 g/mol. The zero-order valence-electron chi connectivity index (χ0n) is 19.1. The maximum absolute atomic E-state index is 13.8. The summed E-state index contributed by atoms with van der Waals surface area (Å²) >= 11 is 0. The van der Waals surface area contributed by atoms with Crippen LogP contribution in [0.5, 0.6) is 5.75 Å². The lowest BCUT2D eigenvalue weighted by molar-refractivity contribution is -0.144. The van der Waals surface area contributed by atoms with Gasteiger partial charge in [-0.2, -0.15) is 13.2 Å². The number of pyridine rings is 1. The normalized spacial score (nSPS) is 26.4. The van der Waals surface area contributed by atoms with Crippen LogP contribution in [0.25, 0.3) is 0 Å². The second-order valence-electron chi connectivity index (χ2n) is 10.1. The van der Waals surface area contributed by atoms with Gasteiger partial charge in [-0.3, -0.25) is 9.78 Å². The first kappa shape index (κ1) is 23.1. The van der Waals surface area contributed by atoms with Crippen molar-refractivity contribution in [1.82, 2.24) is 15.2 Å². The Morgan fingerprint density at radius 1 is 1.26 bits per heavy atom. The summed E-state index contributed by atoms with van der Waals surface area (Å²) in [5.74, 6) is 0.694. The Labute approximate surface area is 197 Å². The van der Waals surface area contributed by atoms with Crippen LogP contribution in [0.2, 0.25) is 0 Å². The zero-order chi connectivity index (χ0) is 23.9. The molecule has 0 spiro atoms. The van der Waals surface area contributed by atoms with E-state index in [4.69, 9.17) is 0 Å². The molecule has 5 nitrogen and oxygen atoms in total. The molecule has 34 heavy (non-hydrogen) atoms. The van der Waals surface area contributed by atoms with Crippen LogP contribution in [-0.4, -0.2) is 40.0 Å². The van der Waals surface area contributed by atoms with Gasteiger partial charge in [0.25, 0.3) is 0 Å². The van der Waals surface area contributed by atoms with E-state index in [-0.39, 0.29) is 24.2 Å². The average molecular weight is 474 g/mol. The fourth-order valence-corrected chi connectivity index (χ4v) is 6.30. The van der Waals surface area contributed by atoms with Gasteiger partial charge in [-0.05, 0) is 73.9 Å². The van der Waals surface area contributed by atoms with E-state index in [2.05, 4.69) is 10.3 Å². The van der Waals surface area contributed by atoms with Crippen LogP contribution in [0.15, 0.2) is 36.5 Å². The van der Waals surface area contributed by atoms with Crippen molar-refractivity contribution in [3.05, 3.63) is 58.9 Å². The fourth-order valence-electron chi connectivity index (χ4n) is 6.30. The number of phenolic OH excluding ortho intramolecular Hbond substituents is 1. The number of aromatic hydroxyl groups is 1. The van der Waals surface area contributed by atoms with Crippen molar-refractivity contribution in [2.75, 3.05) is 13.1 Å². The predicted octanol–water partition coefficient (Wildman–Crippen LogP) is 4.47. The summed E-state index contributed by atoms with van der Waals surface area (Å²) in [4.78, 5) is 19.6. The van der Waals surface area contributed by atoms with Crippen LogP contribution in [-0.2, 0) is 30.4 Å². The van der Waals surface area contributed by atoms with Crippen LogP contribution in [0.1, 0.15) is 54.5 Å². The van der Waals surface area contributed by atoms with Crippen molar-refractivity contribution >= 4 is 5.91 Å². The van der Waals surface area contributed by atoms with Gasteiger partial charge in [0.1, 0.15) is 5.75 Å². The van der Waals surface area contributed by atoms with Crippen molar-refractivity contribution in [3.63, 3.8) is 0 Å². The highest BCUT2D eigenvalue weighted by molar-refractivity contribution is 5.84. The van der Waals surface area contributed by atoms with Gasteiger partial charge in [0, 0.05) is 37.4 Å². The highest BCUT2D eigenvalue weighted by Crippen LogP contribution is 2.55. The maximum atomic E-state index is 13.8. The number of rotatable bonds is 5. The lowest BCUT2D eigenvalue weighted by Gasteiger charge is -2.37. The van der Waals surface area contributed by atoms with Gasteiger partial charge in [0.15, 0.2) is 0 Å². The molecule has 0 radical (unpaired) electrons. The number of carbonyl (C=O) groups is 1. The molecule has 2 aliphatic carbocycles. The lowest BCUT2D eigenvalue weighted by Crippen LogP contribution is -2.47. The SMILES string of the molecule is O=C(N1CCc2ncc(C(F)(F)F)cc2C1)C12CCCC1CC(NCCc1ccc(O)cc1)C2. The zero-order valence-corrected chi connectivity index (χ0v) is 19.1. The second-order valence-corrected chi connectivity index (χ2v) is 10.1. The van der Waals surface area contributed by atoms with Gasteiger partial charge in [-0.15, -0.1) is 0 Å². The summed E-state index contributed by atoms with van der Waals surface area (Å²) in [7, 11) is 0. The van der Waals surface area contributed by atoms with Crippen LogP contribution in [0, 0.1) is 11.3 Å². The lowest BCUT2D eigenvalue weighted by atomic mass is 9.78. The first-order valence-electron chi connectivity index (χ1n) is 12.1. The van der Waals surface area contributed by atoms with E-state index in [9.17, 15) is 23.1 Å². The van der Waals surface area contributed by atoms with Crippen molar-refractivity contribution in [2.24, 2.45) is 11.3 Å². The third-order valence-corrected chi connectivity index (χ3v) is 8.00. The molecule has 3 atom stereocenters. The minimum atomic E-state index is -4.44.